The first-order valence-electron chi connectivity index (χ1n) is 8.33. The highest BCUT2D eigenvalue weighted by atomic mass is 16.5. The number of likely N-dealkylation sites (tertiary alicyclic amines) is 1. The Kier molecular flexibility index (Phi) is 4.55. The molecule has 1 N–H and O–H groups in total. The number of rotatable bonds is 5. The largest absolute Gasteiger partial charge is 0.486 e. The molecule has 128 valence electrons. The van der Waals surface area contributed by atoms with Crippen LogP contribution in [-0.2, 0) is 23.4 Å². The number of benzene rings is 1. The zero-order valence-corrected chi connectivity index (χ0v) is 14.5. The minimum Gasteiger partial charge on any atom is -0.486 e. The van der Waals surface area contributed by atoms with Gasteiger partial charge in [-0.3, -0.25) is 9.89 Å². The summed E-state index contributed by atoms with van der Waals surface area (Å²) in [5.41, 5.74) is 1.40. The number of hydrogen-bond donors (Lipinski definition) is 1. The molecule has 0 bridgehead atoms. The summed E-state index contributed by atoms with van der Waals surface area (Å²) < 4.78 is 5.75. The summed E-state index contributed by atoms with van der Waals surface area (Å²) in [4.78, 5) is 17.8. The Morgan fingerprint density at radius 1 is 1.25 bits per heavy atom. The average Bonchev–Trinajstić information content (AvgIpc) is 3.15. The average molecular weight is 328 g/mol. The number of amides is 1. The third kappa shape index (κ3) is 3.93. The summed E-state index contributed by atoms with van der Waals surface area (Å²) in [5.74, 6) is 2.27. The van der Waals surface area contributed by atoms with Crippen molar-refractivity contribution in [3.63, 3.8) is 0 Å². The van der Waals surface area contributed by atoms with Crippen LogP contribution in [0.5, 0.6) is 5.75 Å². The predicted octanol–water partition coefficient (Wildman–Crippen LogP) is 2.80. The molecule has 0 spiro atoms. The molecule has 1 saturated heterocycles. The summed E-state index contributed by atoms with van der Waals surface area (Å²) >= 11 is 0. The summed E-state index contributed by atoms with van der Waals surface area (Å²) in [6, 6.07) is 8.11. The third-order valence-corrected chi connectivity index (χ3v) is 4.18. The van der Waals surface area contributed by atoms with Crippen LogP contribution in [0.3, 0.4) is 0 Å². The minimum absolute atomic E-state index is 0.130. The monoisotopic (exact) mass is 328 g/mol. The van der Waals surface area contributed by atoms with E-state index >= 15 is 0 Å². The number of aromatic amines is 1. The molecule has 1 aliphatic rings. The molecule has 2 aromatic rings. The molecule has 3 rings (SSSR count). The zero-order valence-electron chi connectivity index (χ0n) is 14.5. The van der Waals surface area contributed by atoms with E-state index in [1.165, 1.54) is 5.56 Å². The van der Waals surface area contributed by atoms with E-state index in [2.05, 4.69) is 48.1 Å². The summed E-state index contributed by atoms with van der Waals surface area (Å²) in [6.07, 6.45) is 1.55. The van der Waals surface area contributed by atoms with Gasteiger partial charge in [0, 0.05) is 13.0 Å². The van der Waals surface area contributed by atoms with Gasteiger partial charge in [-0.2, -0.15) is 5.10 Å². The number of hydrogen-bond acceptors (Lipinski definition) is 4. The molecule has 0 atom stereocenters. The number of ether oxygens (including phenoxy) is 1. The van der Waals surface area contributed by atoms with Gasteiger partial charge in [0.15, 0.2) is 11.6 Å². The Morgan fingerprint density at radius 3 is 2.62 bits per heavy atom. The van der Waals surface area contributed by atoms with Gasteiger partial charge < -0.3 is 9.64 Å². The van der Waals surface area contributed by atoms with Crippen molar-refractivity contribution < 1.29 is 9.53 Å². The fourth-order valence-electron chi connectivity index (χ4n) is 2.71. The SMILES string of the molecule is CC(C)(C)c1ccc(OCc2nc(CN3CCCC3=O)n[nH]2)cc1. The van der Waals surface area contributed by atoms with E-state index in [1.54, 1.807) is 4.90 Å². The van der Waals surface area contributed by atoms with Gasteiger partial charge in [-0.25, -0.2) is 4.98 Å². The van der Waals surface area contributed by atoms with Gasteiger partial charge in [0.1, 0.15) is 12.4 Å². The van der Waals surface area contributed by atoms with Gasteiger partial charge in [0.05, 0.1) is 6.54 Å². The predicted molar refractivity (Wildman–Crippen MR) is 90.5 cm³/mol. The molecule has 6 nitrogen and oxygen atoms in total. The Balaban J connectivity index is 1.54. The van der Waals surface area contributed by atoms with Crippen LogP contribution in [0.1, 0.15) is 50.8 Å². The van der Waals surface area contributed by atoms with Gasteiger partial charge >= 0.3 is 0 Å². The lowest BCUT2D eigenvalue weighted by Gasteiger charge is -2.19. The molecule has 0 saturated carbocycles. The van der Waals surface area contributed by atoms with Crippen molar-refractivity contribution in [1.29, 1.82) is 0 Å². The molecule has 6 heteroatoms. The molecule has 1 aromatic heterocycles. The highest BCUT2D eigenvalue weighted by molar-refractivity contribution is 5.77. The van der Waals surface area contributed by atoms with Crippen molar-refractivity contribution >= 4 is 5.91 Å². The van der Waals surface area contributed by atoms with Crippen LogP contribution in [0.4, 0.5) is 0 Å². The van der Waals surface area contributed by atoms with Crippen LogP contribution in [0.25, 0.3) is 0 Å². The fourth-order valence-corrected chi connectivity index (χ4v) is 2.71. The molecule has 1 aliphatic heterocycles. The normalized spacial score (nSPS) is 15.1. The van der Waals surface area contributed by atoms with Gasteiger partial charge in [-0.1, -0.05) is 32.9 Å². The van der Waals surface area contributed by atoms with E-state index in [0.29, 0.717) is 31.2 Å². The highest BCUT2D eigenvalue weighted by Gasteiger charge is 2.21. The standard InChI is InChI=1S/C18H24N4O2/c1-18(2,3)13-6-8-14(9-7-13)24-12-16-19-15(20-21-16)11-22-10-4-5-17(22)23/h6-9H,4-5,10-12H2,1-3H3,(H,19,20,21). The Bertz CT molecular complexity index is 701. The van der Waals surface area contributed by atoms with E-state index in [-0.39, 0.29) is 11.3 Å². The fraction of sp³-hybridized carbons (Fsp3) is 0.500. The number of nitrogens with one attached hydrogen (secondary N) is 1. The van der Waals surface area contributed by atoms with Crippen LogP contribution in [0.15, 0.2) is 24.3 Å². The van der Waals surface area contributed by atoms with Crippen molar-refractivity contribution in [2.75, 3.05) is 6.54 Å². The summed E-state index contributed by atoms with van der Waals surface area (Å²) in [6.45, 7) is 8.14. The maximum absolute atomic E-state index is 11.6. The number of nitrogens with zero attached hydrogens (tertiary/aromatic N) is 3. The van der Waals surface area contributed by atoms with E-state index in [0.717, 1.165) is 18.7 Å². The maximum atomic E-state index is 11.6. The lowest BCUT2D eigenvalue weighted by molar-refractivity contribution is -0.128. The topological polar surface area (TPSA) is 71.1 Å². The first-order chi connectivity index (χ1) is 11.4. The molecule has 1 fully saturated rings. The molecule has 1 amide bonds. The highest BCUT2D eigenvalue weighted by Crippen LogP contribution is 2.24. The number of carbonyl (C=O) groups excluding carboxylic acids is 1. The molecule has 0 unspecified atom stereocenters. The quantitative estimate of drug-likeness (QED) is 0.916. The maximum Gasteiger partial charge on any atom is 0.223 e. The van der Waals surface area contributed by atoms with E-state index in [4.69, 9.17) is 4.74 Å². The van der Waals surface area contributed by atoms with Gasteiger partial charge in [-0.05, 0) is 29.5 Å². The van der Waals surface area contributed by atoms with Crippen molar-refractivity contribution in [3.8, 4) is 5.75 Å². The zero-order chi connectivity index (χ0) is 17.2. The Labute approximate surface area is 142 Å². The molecule has 24 heavy (non-hydrogen) atoms. The summed E-state index contributed by atoms with van der Waals surface area (Å²) in [5, 5.41) is 7.04. The second-order valence-electron chi connectivity index (χ2n) is 7.18. The van der Waals surface area contributed by atoms with Crippen molar-refractivity contribution in [3.05, 3.63) is 41.5 Å². The summed E-state index contributed by atoms with van der Waals surface area (Å²) in [7, 11) is 0. The Hall–Kier alpha value is -2.37. The molecule has 0 aliphatic carbocycles. The van der Waals surface area contributed by atoms with Crippen molar-refractivity contribution in [2.24, 2.45) is 0 Å². The molecule has 1 aromatic carbocycles. The first kappa shape index (κ1) is 16.5. The van der Waals surface area contributed by atoms with Crippen LogP contribution < -0.4 is 4.74 Å². The minimum atomic E-state index is 0.130. The second-order valence-corrected chi connectivity index (χ2v) is 7.18. The first-order valence-corrected chi connectivity index (χ1v) is 8.33. The van der Waals surface area contributed by atoms with Gasteiger partial charge in [0.25, 0.3) is 0 Å². The molecule has 0 radical (unpaired) electrons. The van der Waals surface area contributed by atoms with E-state index < -0.39 is 0 Å². The van der Waals surface area contributed by atoms with E-state index in [1.807, 2.05) is 12.1 Å². The lowest BCUT2D eigenvalue weighted by Crippen LogP contribution is -2.24. The van der Waals surface area contributed by atoms with Gasteiger partial charge in [-0.15, -0.1) is 0 Å². The van der Waals surface area contributed by atoms with E-state index in [9.17, 15) is 4.79 Å². The molecular formula is C18H24N4O2. The smallest absolute Gasteiger partial charge is 0.223 e. The van der Waals surface area contributed by atoms with Crippen molar-refractivity contribution in [2.45, 2.75) is 52.2 Å². The van der Waals surface area contributed by atoms with Gasteiger partial charge in [0.2, 0.25) is 5.91 Å². The Morgan fingerprint density at radius 2 is 2.00 bits per heavy atom. The van der Waals surface area contributed by atoms with Crippen LogP contribution >= 0.6 is 0 Å². The second kappa shape index (κ2) is 6.63. The number of carbonyl (C=O) groups is 1. The number of H-pyrrole nitrogens is 1. The van der Waals surface area contributed by atoms with Crippen LogP contribution in [-0.4, -0.2) is 32.5 Å². The number of aromatic nitrogens is 3. The van der Waals surface area contributed by atoms with Crippen molar-refractivity contribution in [1.82, 2.24) is 20.1 Å². The van der Waals surface area contributed by atoms with Crippen LogP contribution in [0.2, 0.25) is 0 Å². The molecular weight excluding hydrogens is 304 g/mol. The van der Waals surface area contributed by atoms with Crippen LogP contribution in [0, 0.1) is 0 Å². The third-order valence-electron chi connectivity index (χ3n) is 4.18. The lowest BCUT2D eigenvalue weighted by atomic mass is 9.87. The molecule has 2 heterocycles.